The van der Waals surface area contributed by atoms with Crippen LogP contribution in [-0.2, 0) is 14.9 Å². The van der Waals surface area contributed by atoms with Crippen molar-refractivity contribution in [1.82, 2.24) is 0 Å². The summed E-state index contributed by atoms with van der Waals surface area (Å²) in [5.74, 6) is -0.115. The fourth-order valence-corrected chi connectivity index (χ4v) is 4.72. The molecule has 2 aromatic rings. The molecule has 0 radical (unpaired) electrons. The van der Waals surface area contributed by atoms with Crippen molar-refractivity contribution in [2.24, 2.45) is 5.92 Å². The SMILES string of the molecule is COC(OC)c1ccc(-c2c(C(=O)O)ccc3c2C(C)C(C)CC3(C)C)cc1. The Hall–Kier alpha value is -2.17. The van der Waals surface area contributed by atoms with Crippen molar-refractivity contribution in [3.05, 3.63) is 58.7 Å². The van der Waals surface area contributed by atoms with Gasteiger partial charge in [-0.15, -0.1) is 0 Å². The lowest BCUT2D eigenvalue weighted by Crippen LogP contribution is -2.31. The molecule has 1 N–H and O–H groups in total. The smallest absolute Gasteiger partial charge is 0.336 e. The standard InChI is InChI=1S/C24H30O4/c1-14-13-24(3,4)19-12-11-18(22(25)26)21(20(19)15(14)2)16-7-9-17(10-8-16)23(27-5)28-6/h7-12,14-15,23H,13H2,1-6H3,(H,25,26). The highest BCUT2D eigenvalue weighted by Gasteiger charge is 2.38. The maximum Gasteiger partial charge on any atom is 0.336 e. The van der Waals surface area contributed by atoms with Gasteiger partial charge in [0.15, 0.2) is 6.29 Å². The number of ether oxygens (including phenoxy) is 2. The number of carbonyl (C=O) groups is 1. The molecule has 2 atom stereocenters. The molecule has 0 bridgehead atoms. The van der Waals surface area contributed by atoms with Gasteiger partial charge in [-0.25, -0.2) is 4.79 Å². The van der Waals surface area contributed by atoms with E-state index in [4.69, 9.17) is 9.47 Å². The highest BCUT2D eigenvalue weighted by atomic mass is 16.7. The molecule has 150 valence electrons. The van der Waals surface area contributed by atoms with Gasteiger partial charge in [0, 0.05) is 19.8 Å². The maximum absolute atomic E-state index is 12.1. The molecular formula is C24H30O4. The first-order valence-electron chi connectivity index (χ1n) is 9.77. The summed E-state index contributed by atoms with van der Waals surface area (Å²) in [6.07, 6.45) is 0.658. The fourth-order valence-electron chi connectivity index (χ4n) is 4.72. The third-order valence-electron chi connectivity index (χ3n) is 6.25. The van der Waals surface area contributed by atoms with E-state index in [2.05, 4.69) is 27.7 Å². The van der Waals surface area contributed by atoms with Crippen LogP contribution in [0.25, 0.3) is 11.1 Å². The number of carboxylic acid groups (broad SMARTS) is 1. The van der Waals surface area contributed by atoms with Crippen LogP contribution in [0.2, 0.25) is 0 Å². The number of hydrogen-bond donors (Lipinski definition) is 1. The van der Waals surface area contributed by atoms with Crippen molar-refractivity contribution in [1.29, 1.82) is 0 Å². The Bertz CT molecular complexity index is 863. The maximum atomic E-state index is 12.1. The van der Waals surface area contributed by atoms with Gasteiger partial charge in [0.25, 0.3) is 0 Å². The summed E-state index contributed by atoms with van der Waals surface area (Å²) in [4.78, 5) is 12.1. The first-order valence-corrected chi connectivity index (χ1v) is 9.77. The lowest BCUT2D eigenvalue weighted by atomic mass is 9.63. The van der Waals surface area contributed by atoms with E-state index in [9.17, 15) is 9.90 Å². The van der Waals surface area contributed by atoms with Crippen molar-refractivity contribution in [2.45, 2.75) is 51.7 Å². The highest BCUT2D eigenvalue weighted by molar-refractivity contribution is 5.97. The van der Waals surface area contributed by atoms with E-state index >= 15 is 0 Å². The quantitative estimate of drug-likeness (QED) is 0.668. The second-order valence-electron chi connectivity index (χ2n) is 8.53. The van der Waals surface area contributed by atoms with Crippen molar-refractivity contribution < 1.29 is 19.4 Å². The molecule has 0 heterocycles. The molecule has 0 fully saturated rings. The van der Waals surface area contributed by atoms with Crippen LogP contribution in [0.4, 0.5) is 0 Å². The number of aromatic carboxylic acids is 1. The molecule has 0 saturated carbocycles. The number of benzene rings is 2. The predicted octanol–water partition coefficient (Wildman–Crippen LogP) is 5.76. The van der Waals surface area contributed by atoms with Crippen LogP contribution in [0.15, 0.2) is 36.4 Å². The van der Waals surface area contributed by atoms with Crippen LogP contribution in [0.5, 0.6) is 0 Å². The lowest BCUT2D eigenvalue weighted by Gasteiger charge is -2.41. The molecule has 3 rings (SSSR count). The Morgan fingerprint density at radius 1 is 1.07 bits per heavy atom. The molecule has 0 spiro atoms. The summed E-state index contributed by atoms with van der Waals surface area (Å²) in [6, 6.07) is 11.6. The van der Waals surface area contributed by atoms with Gasteiger partial charge in [-0.2, -0.15) is 0 Å². The minimum atomic E-state index is -0.892. The molecule has 28 heavy (non-hydrogen) atoms. The Morgan fingerprint density at radius 2 is 1.68 bits per heavy atom. The van der Waals surface area contributed by atoms with Crippen LogP contribution in [0.3, 0.4) is 0 Å². The lowest BCUT2D eigenvalue weighted by molar-refractivity contribution is -0.106. The van der Waals surface area contributed by atoms with Gasteiger partial charge >= 0.3 is 5.97 Å². The molecule has 0 amide bonds. The first kappa shape index (κ1) is 20.6. The first-order chi connectivity index (χ1) is 13.2. The monoisotopic (exact) mass is 382 g/mol. The molecular weight excluding hydrogens is 352 g/mol. The van der Waals surface area contributed by atoms with Gasteiger partial charge in [0.05, 0.1) is 5.56 Å². The van der Waals surface area contributed by atoms with E-state index in [1.54, 1.807) is 20.3 Å². The minimum absolute atomic E-state index is 0.0180. The third-order valence-corrected chi connectivity index (χ3v) is 6.25. The van der Waals surface area contributed by atoms with Crippen LogP contribution < -0.4 is 0 Å². The summed E-state index contributed by atoms with van der Waals surface area (Å²) in [6.45, 7) is 8.98. The average Bonchev–Trinajstić information content (AvgIpc) is 2.66. The van der Waals surface area contributed by atoms with E-state index in [0.717, 1.165) is 23.1 Å². The zero-order chi connectivity index (χ0) is 20.6. The average molecular weight is 383 g/mol. The van der Waals surface area contributed by atoms with Gasteiger partial charge < -0.3 is 14.6 Å². The van der Waals surface area contributed by atoms with Crippen LogP contribution in [-0.4, -0.2) is 25.3 Å². The Morgan fingerprint density at radius 3 is 2.21 bits per heavy atom. The molecule has 1 aliphatic rings. The third kappa shape index (κ3) is 3.47. The Kier molecular flexibility index (Phi) is 5.64. The van der Waals surface area contributed by atoms with Gasteiger partial charge in [-0.05, 0) is 52.0 Å². The summed E-state index contributed by atoms with van der Waals surface area (Å²) < 4.78 is 10.7. The van der Waals surface area contributed by atoms with Crippen molar-refractivity contribution >= 4 is 5.97 Å². The summed E-state index contributed by atoms with van der Waals surface area (Å²) >= 11 is 0. The predicted molar refractivity (Wildman–Crippen MR) is 111 cm³/mol. The van der Waals surface area contributed by atoms with E-state index in [0.29, 0.717) is 17.4 Å². The molecule has 4 heteroatoms. The van der Waals surface area contributed by atoms with E-state index in [-0.39, 0.29) is 5.41 Å². The van der Waals surface area contributed by atoms with Gasteiger partial charge in [0.2, 0.25) is 0 Å². The van der Waals surface area contributed by atoms with Crippen molar-refractivity contribution in [2.75, 3.05) is 14.2 Å². The summed E-state index contributed by atoms with van der Waals surface area (Å²) in [5, 5.41) is 9.89. The molecule has 0 aromatic heterocycles. The van der Waals surface area contributed by atoms with Gasteiger partial charge in [-0.3, -0.25) is 0 Å². The Labute approximate surface area is 167 Å². The van der Waals surface area contributed by atoms with Crippen molar-refractivity contribution in [3.8, 4) is 11.1 Å². The number of carboxylic acids is 1. The fraction of sp³-hybridized carbons (Fsp3) is 0.458. The molecule has 2 aromatic carbocycles. The molecule has 2 unspecified atom stereocenters. The van der Waals surface area contributed by atoms with E-state index in [1.165, 1.54) is 11.1 Å². The van der Waals surface area contributed by atoms with Crippen molar-refractivity contribution in [3.63, 3.8) is 0 Å². The Balaban J connectivity index is 2.24. The molecule has 4 nitrogen and oxygen atoms in total. The van der Waals surface area contributed by atoms with Gasteiger partial charge in [-0.1, -0.05) is 58.0 Å². The molecule has 1 aliphatic carbocycles. The van der Waals surface area contributed by atoms with Crippen LogP contribution in [0, 0.1) is 5.92 Å². The zero-order valence-corrected chi connectivity index (χ0v) is 17.6. The second-order valence-corrected chi connectivity index (χ2v) is 8.53. The number of rotatable bonds is 5. The summed E-state index contributed by atoms with van der Waals surface area (Å²) in [7, 11) is 3.20. The van der Waals surface area contributed by atoms with Gasteiger partial charge in [0.1, 0.15) is 0 Å². The minimum Gasteiger partial charge on any atom is -0.478 e. The van der Waals surface area contributed by atoms with Crippen LogP contribution >= 0.6 is 0 Å². The van der Waals surface area contributed by atoms with E-state index < -0.39 is 12.3 Å². The number of hydrogen-bond acceptors (Lipinski definition) is 3. The zero-order valence-electron chi connectivity index (χ0n) is 17.6. The largest absolute Gasteiger partial charge is 0.478 e. The highest BCUT2D eigenvalue weighted by Crippen LogP contribution is 2.50. The van der Waals surface area contributed by atoms with E-state index in [1.807, 2.05) is 30.3 Å². The molecule has 0 aliphatic heterocycles. The molecule has 0 saturated heterocycles. The summed E-state index contributed by atoms with van der Waals surface area (Å²) in [5.41, 5.74) is 5.47. The second kappa shape index (κ2) is 7.69. The van der Waals surface area contributed by atoms with Crippen LogP contribution in [0.1, 0.15) is 73.4 Å². The topological polar surface area (TPSA) is 55.8 Å². The number of fused-ring (bicyclic) bond motifs is 1. The normalized spacial score (nSPS) is 20.8. The number of methoxy groups -OCH3 is 2.